The fourth-order valence-corrected chi connectivity index (χ4v) is 4.12. The first-order chi connectivity index (χ1) is 15.6. The molecule has 1 aliphatic carbocycles. The van der Waals surface area contributed by atoms with Gasteiger partial charge in [0.25, 0.3) is 0 Å². The second kappa shape index (κ2) is 7.64. The summed E-state index contributed by atoms with van der Waals surface area (Å²) in [6.45, 7) is 0. The quantitative estimate of drug-likeness (QED) is 0.512. The summed E-state index contributed by atoms with van der Waals surface area (Å²) in [4.78, 5) is 13.3. The molecule has 0 unspecified atom stereocenters. The van der Waals surface area contributed by atoms with Gasteiger partial charge >= 0.3 is 0 Å². The summed E-state index contributed by atoms with van der Waals surface area (Å²) in [5.74, 6) is 0.939. The van der Waals surface area contributed by atoms with Gasteiger partial charge in [-0.3, -0.25) is 9.67 Å². The second-order valence-electron chi connectivity index (χ2n) is 7.82. The monoisotopic (exact) mass is 422 g/mol. The Labute approximate surface area is 183 Å². The van der Waals surface area contributed by atoms with Crippen molar-refractivity contribution >= 4 is 16.7 Å². The van der Waals surface area contributed by atoms with E-state index in [2.05, 4.69) is 27.1 Å². The third-order valence-electron chi connectivity index (χ3n) is 5.69. The third kappa shape index (κ3) is 3.36. The summed E-state index contributed by atoms with van der Waals surface area (Å²) in [7, 11) is 0. The number of nitrogen functional groups attached to an aromatic ring is 1. The summed E-state index contributed by atoms with van der Waals surface area (Å²) in [6, 6.07) is 17.0. The van der Waals surface area contributed by atoms with Gasteiger partial charge in [0, 0.05) is 29.9 Å². The Balaban J connectivity index is 1.56. The van der Waals surface area contributed by atoms with Gasteiger partial charge in [0.2, 0.25) is 11.8 Å². The van der Waals surface area contributed by atoms with Crippen LogP contribution in [0.25, 0.3) is 22.3 Å². The summed E-state index contributed by atoms with van der Waals surface area (Å²) in [5, 5.41) is 24.1. The van der Waals surface area contributed by atoms with E-state index in [9.17, 15) is 10.5 Å². The molecule has 1 saturated carbocycles. The van der Waals surface area contributed by atoms with E-state index in [1.807, 2.05) is 24.4 Å². The summed E-state index contributed by atoms with van der Waals surface area (Å²) in [5.41, 5.74) is 7.23. The van der Waals surface area contributed by atoms with Gasteiger partial charge in [0.05, 0.1) is 35.5 Å². The van der Waals surface area contributed by atoms with Gasteiger partial charge in [0.15, 0.2) is 0 Å². The van der Waals surface area contributed by atoms with E-state index in [0.717, 1.165) is 5.39 Å². The lowest BCUT2D eigenvalue weighted by atomic mass is 9.67. The Morgan fingerprint density at radius 1 is 1.12 bits per heavy atom. The highest BCUT2D eigenvalue weighted by molar-refractivity contribution is 5.92. The van der Waals surface area contributed by atoms with Gasteiger partial charge in [0.1, 0.15) is 17.2 Å². The molecule has 0 radical (unpaired) electrons. The minimum atomic E-state index is -0.457. The van der Waals surface area contributed by atoms with E-state index in [1.54, 1.807) is 35.1 Å². The number of nitrogens with zero attached hydrogens (tertiary/aromatic N) is 7. The van der Waals surface area contributed by atoms with Gasteiger partial charge < -0.3 is 10.5 Å². The Morgan fingerprint density at radius 2 is 2.00 bits per heavy atom. The van der Waals surface area contributed by atoms with Crippen LogP contribution in [0.2, 0.25) is 0 Å². The average Bonchev–Trinajstić information content (AvgIpc) is 3.26. The molecule has 0 amide bonds. The van der Waals surface area contributed by atoms with Crippen molar-refractivity contribution in [3.05, 3.63) is 54.9 Å². The van der Waals surface area contributed by atoms with Crippen molar-refractivity contribution in [1.82, 2.24) is 24.7 Å². The van der Waals surface area contributed by atoms with Crippen molar-refractivity contribution in [3.63, 3.8) is 0 Å². The van der Waals surface area contributed by atoms with Crippen LogP contribution < -0.4 is 10.5 Å². The van der Waals surface area contributed by atoms with Crippen LogP contribution in [0, 0.1) is 28.6 Å². The molecule has 0 spiro atoms. The molecule has 0 saturated heterocycles. The van der Waals surface area contributed by atoms with Crippen LogP contribution in [0.4, 0.5) is 5.82 Å². The van der Waals surface area contributed by atoms with E-state index in [0.29, 0.717) is 53.7 Å². The largest absolute Gasteiger partial charge is 0.421 e. The van der Waals surface area contributed by atoms with Crippen molar-refractivity contribution in [2.75, 3.05) is 5.73 Å². The average molecular weight is 422 g/mol. The lowest BCUT2D eigenvalue weighted by molar-refractivity contribution is 0.0884. The number of rotatable bonds is 5. The van der Waals surface area contributed by atoms with Crippen molar-refractivity contribution in [2.24, 2.45) is 5.92 Å². The van der Waals surface area contributed by atoms with Crippen molar-refractivity contribution in [1.29, 1.82) is 10.5 Å². The first kappa shape index (κ1) is 19.5. The third-order valence-corrected chi connectivity index (χ3v) is 5.69. The zero-order valence-electron chi connectivity index (χ0n) is 17.0. The highest BCUT2D eigenvalue weighted by Crippen LogP contribution is 2.46. The highest BCUT2D eigenvalue weighted by atomic mass is 16.5. The number of ether oxygens (including phenoxy) is 1. The standard InChI is InChI=1S/C23H18N8O/c24-8-7-23(12-15(13-23)14-25)31-10-6-17(30-31)22-16-3-2-9-27-18(16)11-21(29-22)32-20-5-1-4-19(26)28-20/h1-6,9-11,15H,7,12-13H2,(H2,26,28)/t15-,23-. The van der Waals surface area contributed by atoms with Crippen LogP contribution in [0.3, 0.4) is 0 Å². The highest BCUT2D eigenvalue weighted by Gasteiger charge is 2.46. The van der Waals surface area contributed by atoms with Crippen LogP contribution in [0.1, 0.15) is 19.3 Å². The molecule has 0 aliphatic heterocycles. The first-order valence-corrected chi connectivity index (χ1v) is 10.1. The molecular weight excluding hydrogens is 404 g/mol. The zero-order chi connectivity index (χ0) is 22.1. The van der Waals surface area contributed by atoms with Gasteiger partial charge in [-0.2, -0.15) is 20.6 Å². The van der Waals surface area contributed by atoms with E-state index in [1.165, 1.54) is 0 Å². The predicted octanol–water partition coefficient (Wildman–Crippen LogP) is 3.81. The van der Waals surface area contributed by atoms with E-state index >= 15 is 0 Å². The fourth-order valence-electron chi connectivity index (χ4n) is 4.12. The van der Waals surface area contributed by atoms with Gasteiger partial charge in [-0.25, -0.2) is 4.98 Å². The number of hydrogen-bond donors (Lipinski definition) is 1. The molecule has 0 aromatic carbocycles. The maximum atomic E-state index is 9.32. The SMILES string of the molecule is N#CC[C@]1(n2ccc(-c3nc(Oc4cccc(N)n4)cc4ncccc34)n2)C[C@H](C#N)C1. The number of pyridine rings is 3. The minimum Gasteiger partial charge on any atom is -0.421 e. The molecule has 32 heavy (non-hydrogen) atoms. The van der Waals surface area contributed by atoms with E-state index in [-0.39, 0.29) is 5.92 Å². The molecule has 4 heterocycles. The molecular formula is C23H18N8O. The Hall–Kier alpha value is -4.50. The molecule has 0 atom stereocenters. The second-order valence-corrected chi connectivity index (χ2v) is 7.82. The van der Waals surface area contributed by atoms with Crippen LogP contribution in [0.5, 0.6) is 11.8 Å². The molecule has 4 aromatic heterocycles. The van der Waals surface area contributed by atoms with E-state index in [4.69, 9.17) is 15.6 Å². The number of anilines is 1. The smallest absolute Gasteiger partial charge is 0.224 e. The number of nitrogens with two attached hydrogens (primary N) is 1. The molecule has 5 rings (SSSR count). The number of hydrogen-bond acceptors (Lipinski definition) is 8. The van der Waals surface area contributed by atoms with Crippen molar-refractivity contribution < 1.29 is 4.74 Å². The first-order valence-electron chi connectivity index (χ1n) is 10.1. The topological polar surface area (TPSA) is 139 Å². The van der Waals surface area contributed by atoms with Crippen LogP contribution in [0.15, 0.2) is 54.9 Å². The van der Waals surface area contributed by atoms with Crippen LogP contribution >= 0.6 is 0 Å². The van der Waals surface area contributed by atoms with Gasteiger partial charge in [-0.15, -0.1) is 0 Å². The predicted molar refractivity (Wildman–Crippen MR) is 116 cm³/mol. The van der Waals surface area contributed by atoms with Crippen LogP contribution in [-0.2, 0) is 5.54 Å². The Morgan fingerprint density at radius 3 is 2.78 bits per heavy atom. The molecule has 9 heteroatoms. The molecule has 2 N–H and O–H groups in total. The summed E-state index contributed by atoms with van der Waals surface area (Å²) >= 11 is 0. The molecule has 1 fully saturated rings. The maximum Gasteiger partial charge on any atom is 0.224 e. The molecule has 1 aliphatic rings. The lowest BCUT2D eigenvalue weighted by Crippen LogP contribution is -2.46. The summed E-state index contributed by atoms with van der Waals surface area (Å²) < 4.78 is 7.65. The fraction of sp³-hybridized carbons (Fsp3) is 0.217. The molecule has 4 aromatic rings. The Bertz CT molecular complexity index is 1390. The Kier molecular flexibility index (Phi) is 4.65. The van der Waals surface area contributed by atoms with Crippen molar-refractivity contribution in [2.45, 2.75) is 24.8 Å². The van der Waals surface area contributed by atoms with E-state index < -0.39 is 5.54 Å². The minimum absolute atomic E-state index is 0.0540. The van der Waals surface area contributed by atoms with Gasteiger partial charge in [-0.1, -0.05) is 6.07 Å². The molecule has 156 valence electrons. The zero-order valence-corrected chi connectivity index (χ0v) is 17.0. The number of aromatic nitrogens is 5. The van der Waals surface area contributed by atoms with Gasteiger partial charge in [-0.05, 0) is 37.1 Å². The maximum absolute atomic E-state index is 9.32. The number of nitriles is 2. The molecule has 9 nitrogen and oxygen atoms in total. The summed E-state index contributed by atoms with van der Waals surface area (Å²) in [6.07, 6.45) is 5.06. The lowest BCUT2D eigenvalue weighted by Gasteiger charge is -2.43. The normalized spacial score (nSPS) is 19.6. The van der Waals surface area contributed by atoms with Crippen LogP contribution in [-0.4, -0.2) is 24.7 Å². The number of fused-ring (bicyclic) bond motifs is 1. The molecule has 0 bridgehead atoms. The van der Waals surface area contributed by atoms with Crippen molar-refractivity contribution in [3.8, 4) is 35.3 Å².